The third kappa shape index (κ3) is 4.61. The molecule has 0 spiro atoms. The second-order valence-corrected chi connectivity index (χ2v) is 8.38. The van der Waals surface area contributed by atoms with Gasteiger partial charge >= 0.3 is 0 Å². The summed E-state index contributed by atoms with van der Waals surface area (Å²) in [7, 11) is 0. The lowest BCUT2D eigenvalue weighted by atomic mass is 10.2. The van der Waals surface area contributed by atoms with Gasteiger partial charge in [0.25, 0.3) is 11.6 Å². The molecule has 11 nitrogen and oxygen atoms in total. The molecule has 1 amide bonds. The molecule has 37 heavy (non-hydrogen) atoms. The number of carbonyl (C=O) groups is 1. The molecule has 0 aliphatic rings. The zero-order chi connectivity index (χ0) is 26.1. The summed E-state index contributed by atoms with van der Waals surface area (Å²) in [6.45, 7) is 6.57. The van der Waals surface area contributed by atoms with E-state index in [1.807, 2.05) is 43.7 Å². The van der Waals surface area contributed by atoms with Crippen LogP contribution in [0.4, 0.5) is 11.4 Å². The quantitative estimate of drug-likeness (QED) is 0.242. The van der Waals surface area contributed by atoms with Gasteiger partial charge in [-0.3, -0.25) is 19.6 Å². The van der Waals surface area contributed by atoms with Crippen LogP contribution in [0.5, 0.6) is 11.5 Å². The molecule has 0 saturated carbocycles. The fourth-order valence-corrected chi connectivity index (χ4v) is 4.04. The molecule has 0 aliphatic carbocycles. The molecule has 0 unspecified atom stereocenters. The standard InChI is InChI=1S/C26H23N7O4/c1-4-31-17(3)21(15-28-31)23-9-10-27-25-14-22(30-32(23)25)26(34)29-18-11-19(33(35)36)13-20(12-18)37-24-8-6-5-7-16(24)2/h5-15H,4H2,1-3H3,(H,29,34). The van der Waals surface area contributed by atoms with Gasteiger partial charge in [-0.2, -0.15) is 10.2 Å². The van der Waals surface area contributed by atoms with E-state index in [0.29, 0.717) is 11.4 Å². The van der Waals surface area contributed by atoms with E-state index in [1.165, 1.54) is 18.2 Å². The summed E-state index contributed by atoms with van der Waals surface area (Å²) in [5.74, 6) is 0.238. The van der Waals surface area contributed by atoms with E-state index in [4.69, 9.17) is 4.74 Å². The monoisotopic (exact) mass is 497 g/mol. The maximum atomic E-state index is 13.1. The Balaban J connectivity index is 1.46. The minimum Gasteiger partial charge on any atom is -0.457 e. The molecule has 5 aromatic rings. The number of para-hydroxylation sites is 1. The molecule has 11 heteroatoms. The van der Waals surface area contributed by atoms with Crippen molar-refractivity contribution in [3.8, 4) is 22.8 Å². The van der Waals surface area contributed by atoms with Crippen molar-refractivity contribution in [1.82, 2.24) is 24.4 Å². The van der Waals surface area contributed by atoms with Crippen LogP contribution in [0.15, 0.2) is 67.0 Å². The fraction of sp³-hybridized carbons (Fsp3) is 0.154. The van der Waals surface area contributed by atoms with Crippen molar-refractivity contribution in [3.05, 3.63) is 94.1 Å². The number of anilines is 1. The van der Waals surface area contributed by atoms with Gasteiger partial charge in [0.2, 0.25) is 0 Å². The van der Waals surface area contributed by atoms with Crippen LogP contribution in [0.25, 0.3) is 16.9 Å². The number of nitro groups is 1. The minimum absolute atomic E-state index is 0.105. The van der Waals surface area contributed by atoms with Crippen molar-refractivity contribution in [1.29, 1.82) is 0 Å². The maximum absolute atomic E-state index is 13.1. The summed E-state index contributed by atoms with van der Waals surface area (Å²) in [4.78, 5) is 28.4. The topological polar surface area (TPSA) is 129 Å². The highest BCUT2D eigenvalue weighted by atomic mass is 16.6. The van der Waals surface area contributed by atoms with Gasteiger partial charge in [0.1, 0.15) is 11.5 Å². The van der Waals surface area contributed by atoms with Crippen molar-refractivity contribution < 1.29 is 14.5 Å². The molecular formula is C26H23N7O4. The predicted octanol–water partition coefficient (Wildman–Crippen LogP) is 5.18. The number of aryl methyl sites for hydroxylation is 2. The zero-order valence-electron chi connectivity index (χ0n) is 20.4. The van der Waals surface area contributed by atoms with Gasteiger partial charge < -0.3 is 10.1 Å². The Morgan fingerprint density at radius 1 is 1.14 bits per heavy atom. The van der Waals surface area contributed by atoms with Crippen LogP contribution in [0.2, 0.25) is 0 Å². The van der Waals surface area contributed by atoms with E-state index >= 15 is 0 Å². The number of rotatable bonds is 7. The molecule has 0 atom stereocenters. The van der Waals surface area contributed by atoms with Crippen LogP contribution in [0, 0.1) is 24.0 Å². The first-order chi connectivity index (χ1) is 17.8. The Hall–Kier alpha value is -5.06. The van der Waals surface area contributed by atoms with Crippen molar-refractivity contribution in [3.63, 3.8) is 0 Å². The van der Waals surface area contributed by atoms with E-state index in [-0.39, 0.29) is 22.8 Å². The lowest BCUT2D eigenvalue weighted by molar-refractivity contribution is -0.384. The molecule has 0 fully saturated rings. The number of nitrogens with one attached hydrogen (secondary N) is 1. The summed E-state index contributed by atoms with van der Waals surface area (Å²) in [5, 5.41) is 23.1. The lowest BCUT2D eigenvalue weighted by Crippen LogP contribution is -2.13. The van der Waals surface area contributed by atoms with Crippen LogP contribution in [-0.2, 0) is 6.54 Å². The highest BCUT2D eigenvalue weighted by Gasteiger charge is 2.19. The van der Waals surface area contributed by atoms with Crippen LogP contribution < -0.4 is 10.1 Å². The Morgan fingerprint density at radius 2 is 1.95 bits per heavy atom. The first-order valence-corrected chi connectivity index (χ1v) is 11.6. The second kappa shape index (κ2) is 9.53. The van der Waals surface area contributed by atoms with Crippen molar-refractivity contribution in [2.24, 2.45) is 0 Å². The molecule has 0 bridgehead atoms. The number of nitrogens with zero attached hydrogens (tertiary/aromatic N) is 6. The smallest absolute Gasteiger partial charge is 0.276 e. The Morgan fingerprint density at radius 3 is 2.68 bits per heavy atom. The Bertz CT molecular complexity index is 1650. The summed E-state index contributed by atoms with van der Waals surface area (Å²) >= 11 is 0. The van der Waals surface area contributed by atoms with Crippen LogP contribution in [0.1, 0.15) is 28.7 Å². The predicted molar refractivity (Wildman–Crippen MR) is 137 cm³/mol. The highest BCUT2D eigenvalue weighted by Crippen LogP contribution is 2.31. The summed E-state index contributed by atoms with van der Waals surface area (Å²) in [5.41, 5.74) is 4.02. The summed E-state index contributed by atoms with van der Waals surface area (Å²) in [6.07, 6.45) is 3.40. The van der Waals surface area contributed by atoms with Crippen molar-refractivity contribution in [2.75, 3.05) is 5.32 Å². The van der Waals surface area contributed by atoms with Gasteiger partial charge in [-0.15, -0.1) is 0 Å². The number of ether oxygens (including phenoxy) is 1. The van der Waals surface area contributed by atoms with Gasteiger partial charge in [-0.25, -0.2) is 9.50 Å². The fourth-order valence-electron chi connectivity index (χ4n) is 4.04. The van der Waals surface area contributed by atoms with E-state index in [0.717, 1.165) is 29.1 Å². The minimum atomic E-state index is -0.542. The number of aromatic nitrogens is 5. The van der Waals surface area contributed by atoms with Crippen molar-refractivity contribution in [2.45, 2.75) is 27.3 Å². The second-order valence-electron chi connectivity index (χ2n) is 8.38. The molecule has 5 rings (SSSR count). The van der Waals surface area contributed by atoms with Gasteiger partial charge in [0.05, 0.1) is 28.6 Å². The third-order valence-electron chi connectivity index (χ3n) is 5.95. The number of nitro benzene ring substituents is 1. The van der Waals surface area contributed by atoms with Crippen LogP contribution in [0.3, 0.4) is 0 Å². The summed E-state index contributed by atoms with van der Waals surface area (Å²) in [6, 6.07) is 14.8. The zero-order valence-corrected chi connectivity index (χ0v) is 20.4. The molecule has 0 radical (unpaired) electrons. The van der Waals surface area contributed by atoms with E-state index in [2.05, 4.69) is 20.5 Å². The normalized spacial score (nSPS) is 11.0. The first kappa shape index (κ1) is 23.7. The molecule has 3 aromatic heterocycles. The molecular weight excluding hydrogens is 474 g/mol. The Kier molecular flexibility index (Phi) is 6.10. The van der Waals surface area contributed by atoms with E-state index in [1.54, 1.807) is 35.1 Å². The largest absolute Gasteiger partial charge is 0.457 e. The molecule has 2 aromatic carbocycles. The maximum Gasteiger partial charge on any atom is 0.276 e. The van der Waals surface area contributed by atoms with Gasteiger partial charge in [-0.1, -0.05) is 18.2 Å². The molecule has 1 N–H and O–H groups in total. The number of non-ortho nitro benzene ring substituents is 1. The van der Waals surface area contributed by atoms with Crippen LogP contribution in [-0.4, -0.2) is 35.2 Å². The average molecular weight is 498 g/mol. The van der Waals surface area contributed by atoms with Crippen LogP contribution >= 0.6 is 0 Å². The molecule has 0 saturated heterocycles. The van der Waals surface area contributed by atoms with E-state index in [9.17, 15) is 14.9 Å². The first-order valence-electron chi connectivity index (χ1n) is 11.6. The van der Waals surface area contributed by atoms with E-state index < -0.39 is 10.8 Å². The SMILES string of the molecule is CCn1ncc(-c2ccnc3cc(C(=O)Nc4cc(Oc5ccccc5C)cc([N+](=O)[O-])c4)nn23)c1C. The third-order valence-corrected chi connectivity index (χ3v) is 5.95. The average Bonchev–Trinajstić information content (AvgIpc) is 3.48. The number of carbonyl (C=O) groups excluding carboxylic acids is 1. The molecule has 3 heterocycles. The number of fused-ring (bicyclic) bond motifs is 1. The highest BCUT2D eigenvalue weighted by molar-refractivity contribution is 6.03. The van der Waals surface area contributed by atoms with Gasteiger partial charge in [0.15, 0.2) is 11.3 Å². The van der Waals surface area contributed by atoms with Gasteiger partial charge in [-0.05, 0) is 38.5 Å². The number of hydrogen-bond donors (Lipinski definition) is 1. The van der Waals surface area contributed by atoms with Crippen molar-refractivity contribution >= 4 is 22.9 Å². The number of benzene rings is 2. The Labute approximate surface area is 211 Å². The lowest BCUT2D eigenvalue weighted by Gasteiger charge is -2.10. The van der Waals surface area contributed by atoms with Gasteiger partial charge in [0, 0.05) is 42.2 Å². The molecule has 186 valence electrons. The number of amides is 1. The number of hydrogen-bond acceptors (Lipinski definition) is 7. The molecule has 0 aliphatic heterocycles. The summed E-state index contributed by atoms with van der Waals surface area (Å²) < 4.78 is 9.32.